The lowest BCUT2D eigenvalue weighted by Gasteiger charge is -2.07. The summed E-state index contributed by atoms with van der Waals surface area (Å²) in [5.74, 6) is -0.937. The molecule has 0 amide bonds. The van der Waals surface area contributed by atoms with E-state index in [0.717, 1.165) is 3.57 Å². The summed E-state index contributed by atoms with van der Waals surface area (Å²) in [6, 6.07) is 4.78. The zero-order valence-electron chi connectivity index (χ0n) is 10.8. The van der Waals surface area contributed by atoms with Crippen molar-refractivity contribution in [2.24, 2.45) is 0 Å². The molecule has 0 aliphatic heterocycles. The lowest BCUT2D eigenvalue weighted by Crippen LogP contribution is -2.12. The molecule has 104 valence electrons. The van der Waals surface area contributed by atoms with E-state index in [2.05, 4.69) is 0 Å². The molecule has 0 saturated carbocycles. The van der Waals surface area contributed by atoms with Gasteiger partial charge in [-0.05, 0) is 47.7 Å². The summed E-state index contributed by atoms with van der Waals surface area (Å²) in [7, 11) is 1.53. The molecule has 1 aromatic rings. The Hall–Kier alpha value is -1.15. The monoisotopic (exact) mass is 378 g/mol. The van der Waals surface area contributed by atoms with Gasteiger partial charge >= 0.3 is 11.9 Å². The highest BCUT2D eigenvalue weighted by Crippen LogP contribution is 2.14. The predicted molar refractivity (Wildman–Crippen MR) is 77.3 cm³/mol. The number of carbonyl (C=O) groups is 2. The van der Waals surface area contributed by atoms with Crippen LogP contribution in [0, 0.1) is 3.57 Å². The average Bonchev–Trinajstić information content (AvgIpc) is 2.38. The van der Waals surface area contributed by atoms with Gasteiger partial charge in [-0.3, -0.25) is 0 Å². The molecule has 0 atom stereocenters. The maximum absolute atomic E-state index is 11.8. The van der Waals surface area contributed by atoms with Crippen LogP contribution in [-0.2, 0) is 14.2 Å². The fourth-order valence-corrected chi connectivity index (χ4v) is 2.01. The maximum Gasteiger partial charge on any atom is 0.338 e. The van der Waals surface area contributed by atoms with Crippen molar-refractivity contribution in [1.29, 1.82) is 0 Å². The molecule has 19 heavy (non-hydrogen) atoms. The third kappa shape index (κ3) is 5.15. The van der Waals surface area contributed by atoms with Gasteiger partial charge in [-0.1, -0.05) is 0 Å². The van der Waals surface area contributed by atoms with Crippen LogP contribution in [0.4, 0.5) is 0 Å². The van der Waals surface area contributed by atoms with Crippen LogP contribution in [0.15, 0.2) is 18.2 Å². The standard InChI is InChI=1S/C13H15IO5/c1-3-18-12(15)9-6-10(8-11(14)7-9)13(16)19-5-4-17-2/h6-8H,3-5H2,1-2H3. The van der Waals surface area contributed by atoms with Crippen molar-refractivity contribution in [3.05, 3.63) is 32.9 Å². The highest BCUT2D eigenvalue weighted by Gasteiger charge is 2.14. The molecule has 0 fully saturated rings. The summed E-state index contributed by atoms with van der Waals surface area (Å²) in [5, 5.41) is 0. The number of carbonyl (C=O) groups excluding carboxylic acids is 2. The Labute approximate surface area is 125 Å². The number of ether oxygens (including phenoxy) is 3. The minimum atomic E-state index is -0.485. The second-order valence-corrected chi connectivity index (χ2v) is 4.82. The van der Waals surface area contributed by atoms with E-state index >= 15 is 0 Å². The first-order valence-electron chi connectivity index (χ1n) is 5.72. The van der Waals surface area contributed by atoms with Crippen molar-refractivity contribution in [1.82, 2.24) is 0 Å². The molecule has 0 bridgehead atoms. The van der Waals surface area contributed by atoms with E-state index in [9.17, 15) is 9.59 Å². The van der Waals surface area contributed by atoms with Gasteiger partial charge in [0.1, 0.15) is 6.61 Å². The zero-order chi connectivity index (χ0) is 14.3. The van der Waals surface area contributed by atoms with Crippen molar-refractivity contribution in [2.75, 3.05) is 26.9 Å². The minimum Gasteiger partial charge on any atom is -0.462 e. The third-order valence-corrected chi connectivity index (χ3v) is 2.79. The van der Waals surface area contributed by atoms with Crippen molar-refractivity contribution in [2.45, 2.75) is 6.92 Å². The number of halogens is 1. The molecular weight excluding hydrogens is 363 g/mol. The molecule has 0 aromatic heterocycles. The number of methoxy groups -OCH3 is 1. The van der Waals surface area contributed by atoms with Crippen LogP contribution < -0.4 is 0 Å². The van der Waals surface area contributed by atoms with Gasteiger partial charge in [0.05, 0.1) is 24.3 Å². The van der Waals surface area contributed by atoms with E-state index in [1.165, 1.54) is 13.2 Å². The quantitative estimate of drug-likeness (QED) is 0.432. The van der Waals surface area contributed by atoms with Crippen molar-refractivity contribution in [3.63, 3.8) is 0 Å². The molecule has 0 unspecified atom stereocenters. The molecule has 0 saturated heterocycles. The molecule has 0 aliphatic rings. The van der Waals surface area contributed by atoms with Crippen LogP contribution in [0.3, 0.4) is 0 Å². The SMILES string of the molecule is CCOC(=O)c1cc(I)cc(C(=O)OCCOC)c1. The Balaban J connectivity index is 2.84. The topological polar surface area (TPSA) is 61.8 Å². The second-order valence-electron chi connectivity index (χ2n) is 3.58. The number of rotatable bonds is 6. The molecule has 0 spiro atoms. The molecule has 0 N–H and O–H groups in total. The molecule has 1 rings (SSSR count). The molecule has 1 aromatic carbocycles. The third-order valence-electron chi connectivity index (χ3n) is 2.17. The van der Waals surface area contributed by atoms with Gasteiger partial charge in [-0.25, -0.2) is 9.59 Å². The second kappa shape index (κ2) is 8.11. The highest BCUT2D eigenvalue weighted by atomic mass is 127. The van der Waals surface area contributed by atoms with Crippen molar-refractivity contribution >= 4 is 34.5 Å². The Morgan fingerprint density at radius 2 is 1.63 bits per heavy atom. The lowest BCUT2D eigenvalue weighted by atomic mass is 10.1. The van der Waals surface area contributed by atoms with E-state index in [4.69, 9.17) is 14.2 Å². The Morgan fingerprint density at radius 1 is 1.05 bits per heavy atom. The van der Waals surface area contributed by atoms with Crippen LogP contribution in [0.25, 0.3) is 0 Å². The van der Waals surface area contributed by atoms with E-state index in [0.29, 0.717) is 17.7 Å². The first-order valence-corrected chi connectivity index (χ1v) is 6.80. The largest absolute Gasteiger partial charge is 0.462 e. The summed E-state index contributed by atoms with van der Waals surface area (Å²) in [5.41, 5.74) is 0.665. The smallest absolute Gasteiger partial charge is 0.338 e. The van der Waals surface area contributed by atoms with Crippen LogP contribution in [0.1, 0.15) is 27.6 Å². The fraction of sp³-hybridized carbons (Fsp3) is 0.385. The van der Waals surface area contributed by atoms with Crippen LogP contribution in [0.5, 0.6) is 0 Å². The van der Waals surface area contributed by atoms with Crippen LogP contribution in [0.2, 0.25) is 0 Å². The van der Waals surface area contributed by atoms with Gasteiger partial charge in [0, 0.05) is 10.7 Å². The van der Waals surface area contributed by atoms with Gasteiger partial charge in [0.2, 0.25) is 0 Å². The van der Waals surface area contributed by atoms with Crippen LogP contribution >= 0.6 is 22.6 Å². The Bertz CT molecular complexity index is 458. The predicted octanol–water partition coefficient (Wildman–Crippen LogP) is 2.27. The number of benzene rings is 1. The summed E-state index contributed by atoms with van der Waals surface area (Å²) in [4.78, 5) is 23.4. The maximum atomic E-state index is 11.8. The summed E-state index contributed by atoms with van der Waals surface area (Å²) in [6.45, 7) is 2.53. The minimum absolute atomic E-state index is 0.176. The van der Waals surface area contributed by atoms with E-state index in [1.807, 2.05) is 22.6 Å². The number of hydrogen-bond donors (Lipinski definition) is 0. The van der Waals surface area contributed by atoms with Crippen molar-refractivity contribution < 1.29 is 23.8 Å². The van der Waals surface area contributed by atoms with E-state index < -0.39 is 11.9 Å². The zero-order valence-corrected chi connectivity index (χ0v) is 12.9. The normalized spacial score (nSPS) is 10.1. The Morgan fingerprint density at radius 3 is 2.16 bits per heavy atom. The van der Waals surface area contributed by atoms with Crippen molar-refractivity contribution in [3.8, 4) is 0 Å². The van der Waals surface area contributed by atoms with Gasteiger partial charge in [-0.2, -0.15) is 0 Å². The van der Waals surface area contributed by atoms with E-state index in [-0.39, 0.29) is 13.2 Å². The highest BCUT2D eigenvalue weighted by molar-refractivity contribution is 14.1. The Kier molecular flexibility index (Phi) is 6.79. The van der Waals surface area contributed by atoms with Gasteiger partial charge in [-0.15, -0.1) is 0 Å². The van der Waals surface area contributed by atoms with E-state index in [1.54, 1.807) is 19.1 Å². The average molecular weight is 378 g/mol. The molecule has 6 heteroatoms. The van der Waals surface area contributed by atoms with Crippen LogP contribution in [-0.4, -0.2) is 38.9 Å². The van der Waals surface area contributed by atoms with Gasteiger partial charge in [0.25, 0.3) is 0 Å². The number of hydrogen-bond acceptors (Lipinski definition) is 5. The molecule has 0 heterocycles. The summed E-state index contributed by atoms with van der Waals surface area (Å²) in [6.07, 6.45) is 0. The molecule has 0 aliphatic carbocycles. The fourth-order valence-electron chi connectivity index (χ4n) is 1.34. The number of esters is 2. The van der Waals surface area contributed by atoms with Gasteiger partial charge < -0.3 is 14.2 Å². The van der Waals surface area contributed by atoms with Gasteiger partial charge in [0.15, 0.2) is 0 Å². The lowest BCUT2D eigenvalue weighted by molar-refractivity contribution is 0.0388. The summed E-state index contributed by atoms with van der Waals surface area (Å²) >= 11 is 2.03. The first-order chi connectivity index (χ1) is 9.08. The molecule has 5 nitrogen and oxygen atoms in total. The summed E-state index contributed by atoms with van der Waals surface area (Å²) < 4.78 is 15.5. The first kappa shape index (κ1) is 15.9. The molecule has 0 radical (unpaired) electrons. The molecular formula is C13H15IO5.